The lowest BCUT2D eigenvalue weighted by molar-refractivity contribution is -0.403. The van der Waals surface area contributed by atoms with Crippen LogP contribution in [0, 0.1) is 46.8 Å². The van der Waals surface area contributed by atoms with Crippen molar-refractivity contribution in [3.05, 3.63) is 0 Å². The largest absolute Gasteiger partial charge is 0.464 e. The molecule has 2 aliphatic heterocycles. The smallest absolute Gasteiger partial charge is 0.428 e. The predicted molar refractivity (Wildman–Crippen MR) is 126 cm³/mol. The Kier molecular flexibility index (Phi) is 6.38. The molecule has 1 N–H and O–H groups in total. The molecule has 6 bridgehead atoms. The van der Waals surface area contributed by atoms with Crippen molar-refractivity contribution in [2.24, 2.45) is 46.8 Å². The second kappa shape index (κ2) is 9.21. The molecule has 8 atom stereocenters. The van der Waals surface area contributed by atoms with Gasteiger partial charge >= 0.3 is 30.3 Å². The number of hydrogen-bond donors (Lipinski definition) is 1. The van der Waals surface area contributed by atoms with Crippen LogP contribution in [-0.4, -0.2) is 85.8 Å². The molecular weight excluding hydrogens is 634 g/mol. The first-order valence-corrected chi connectivity index (χ1v) is 15.9. The van der Waals surface area contributed by atoms with Gasteiger partial charge in [-0.3, -0.25) is 18.9 Å². The molecule has 6 aliphatic carbocycles. The van der Waals surface area contributed by atoms with Crippen LogP contribution in [0.25, 0.3) is 0 Å². The molecule has 11 nitrogen and oxygen atoms in total. The number of halogens is 6. The normalized spacial score (nSPS) is 44.8. The molecule has 0 aromatic carbocycles. The molecule has 44 heavy (non-hydrogen) atoms. The fourth-order valence-corrected chi connectivity index (χ4v) is 9.92. The lowest BCUT2D eigenvalue weighted by Crippen LogP contribution is -2.66. The molecule has 8 aliphatic rings. The number of alkyl halides is 6. The van der Waals surface area contributed by atoms with Crippen molar-refractivity contribution in [3.8, 4) is 0 Å². The van der Waals surface area contributed by atoms with Crippen molar-refractivity contribution >= 4 is 28.0 Å². The molecule has 2 heterocycles. The molecule has 246 valence electrons. The first-order chi connectivity index (χ1) is 20.3. The Morgan fingerprint density at radius 3 is 2.18 bits per heavy atom. The van der Waals surface area contributed by atoms with Gasteiger partial charge in [0.05, 0.1) is 23.9 Å². The van der Waals surface area contributed by atoms with E-state index in [1.165, 1.54) is 0 Å². The van der Waals surface area contributed by atoms with Gasteiger partial charge in [-0.05, 0) is 44.4 Å². The monoisotopic (exact) mass is 662 g/mol. The van der Waals surface area contributed by atoms with E-state index in [4.69, 9.17) is 28.2 Å². The second-order valence-electron chi connectivity index (χ2n) is 13.4. The van der Waals surface area contributed by atoms with Gasteiger partial charge in [-0.1, -0.05) is 0 Å². The zero-order chi connectivity index (χ0) is 31.8. The summed E-state index contributed by atoms with van der Waals surface area (Å²) in [6, 6.07) is 0. The van der Waals surface area contributed by atoms with Crippen molar-refractivity contribution in [2.45, 2.75) is 74.5 Å². The molecule has 18 heteroatoms. The van der Waals surface area contributed by atoms with E-state index in [9.17, 15) is 49.1 Å². The van der Waals surface area contributed by atoms with Crippen molar-refractivity contribution in [3.63, 3.8) is 0 Å². The first-order valence-electron chi connectivity index (χ1n) is 14.3. The summed E-state index contributed by atoms with van der Waals surface area (Å²) in [7, 11) is -4.42. The van der Waals surface area contributed by atoms with Gasteiger partial charge in [-0.15, -0.1) is 0 Å². The average molecular weight is 663 g/mol. The van der Waals surface area contributed by atoms with Crippen LogP contribution in [0.3, 0.4) is 0 Å². The Morgan fingerprint density at radius 1 is 0.977 bits per heavy atom. The lowest BCUT2D eigenvalue weighted by atomic mass is 9.47. The van der Waals surface area contributed by atoms with Crippen molar-refractivity contribution < 1.29 is 77.4 Å². The topological polar surface area (TPSA) is 152 Å². The fourth-order valence-electron chi connectivity index (χ4n) is 9.63. The van der Waals surface area contributed by atoms with Gasteiger partial charge in [-0.25, -0.2) is 0 Å². The molecule has 0 aromatic heterocycles. The van der Waals surface area contributed by atoms with E-state index in [-0.39, 0.29) is 38.0 Å². The van der Waals surface area contributed by atoms with Gasteiger partial charge < -0.3 is 23.7 Å². The van der Waals surface area contributed by atoms with Gasteiger partial charge in [-0.2, -0.15) is 34.8 Å². The minimum absolute atomic E-state index is 0.125. The maximum Gasteiger partial charge on any atom is 0.428 e. The zero-order valence-electron chi connectivity index (χ0n) is 22.8. The van der Waals surface area contributed by atoms with E-state index in [0.717, 1.165) is 0 Å². The lowest BCUT2D eigenvalue weighted by Gasteiger charge is -2.62. The Bertz CT molecular complexity index is 1370. The third kappa shape index (κ3) is 4.11. The number of fused-ring (bicyclic) bond motifs is 1. The number of esters is 3. The Hall–Kier alpha value is -2.18. The summed E-state index contributed by atoms with van der Waals surface area (Å²) in [6.07, 6.45) is -12.7. The van der Waals surface area contributed by atoms with Gasteiger partial charge in [0.1, 0.15) is 24.6 Å². The van der Waals surface area contributed by atoms with Crippen LogP contribution in [0.1, 0.15) is 38.5 Å². The van der Waals surface area contributed by atoms with Crippen LogP contribution in [0.2, 0.25) is 0 Å². The standard InChI is InChI=1S/C26H28F6O11S/c27-25(28,29)23(26(30,31)32)9-40-24(43-23)11-3-10-4-12(24)8-22(6-10,7-11)21(35)42-18-13-5-14-16(20(34)41-17(14)18)15(13)19(33)39-1-2-44(36,37)38/h10-18H,1-9H2,(H,36,37,38). The highest BCUT2D eigenvalue weighted by Crippen LogP contribution is 2.69. The summed E-state index contributed by atoms with van der Waals surface area (Å²) in [5, 5.41) is 0. The molecule has 8 rings (SSSR count). The highest BCUT2D eigenvalue weighted by molar-refractivity contribution is 7.85. The molecule has 2 saturated heterocycles. The van der Waals surface area contributed by atoms with Gasteiger partial charge in [0, 0.05) is 23.7 Å². The van der Waals surface area contributed by atoms with Crippen molar-refractivity contribution in [1.82, 2.24) is 0 Å². The predicted octanol–water partition coefficient (Wildman–Crippen LogP) is 2.57. The van der Waals surface area contributed by atoms with Crippen molar-refractivity contribution in [2.75, 3.05) is 19.0 Å². The quantitative estimate of drug-likeness (QED) is 0.193. The zero-order valence-corrected chi connectivity index (χ0v) is 23.6. The molecule has 6 saturated carbocycles. The van der Waals surface area contributed by atoms with E-state index in [2.05, 4.69) is 0 Å². The number of rotatable bonds is 6. The summed E-state index contributed by atoms with van der Waals surface area (Å²) in [5.74, 6) is -10.6. The third-order valence-corrected chi connectivity index (χ3v) is 11.8. The molecule has 0 radical (unpaired) electrons. The van der Waals surface area contributed by atoms with Crippen LogP contribution in [0.5, 0.6) is 0 Å². The van der Waals surface area contributed by atoms with Gasteiger partial charge in [0.15, 0.2) is 5.79 Å². The van der Waals surface area contributed by atoms with Gasteiger partial charge in [0.25, 0.3) is 15.7 Å². The summed E-state index contributed by atoms with van der Waals surface area (Å²) in [5.41, 5.74) is -5.73. The fraction of sp³-hybridized carbons (Fsp3) is 0.885. The molecule has 0 aromatic rings. The summed E-state index contributed by atoms with van der Waals surface area (Å²) in [6.45, 7) is -2.40. The SMILES string of the molecule is O=C1OC2C3CC(C2OC(=O)C24CC5CC(C2)C2(OCC(C(F)(F)F)(C(F)(F)F)O2)C(C5)C4)C(C(=O)OCCS(=O)(=O)O)C13. The van der Waals surface area contributed by atoms with Crippen LogP contribution in [0.4, 0.5) is 26.3 Å². The average Bonchev–Trinajstić information content (AvgIpc) is 3.61. The molecule has 8 fully saturated rings. The van der Waals surface area contributed by atoms with Crippen LogP contribution < -0.4 is 0 Å². The minimum Gasteiger partial charge on any atom is -0.464 e. The van der Waals surface area contributed by atoms with Crippen LogP contribution >= 0.6 is 0 Å². The molecule has 1 spiro atoms. The maximum absolute atomic E-state index is 13.9. The van der Waals surface area contributed by atoms with E-state index in [0.29, 0.717) is 6.42 Å². The van der Waals surface area contributed by atoms with Gasteiger partial charge in [0.2, 0.25) is 0 Å². The minimum atomic E-state index is -5.79. The highest BCUT2D eigenvalue weighted by Gasteiger charge is 2.82. The number of hydrogen-bond acceptors (Lipinski definition) is 10. The summed E-state index contributed by atoms with van der Waals surface area (Å²) < 4.78 is 141. The summed E-state index contributed by atoms with van der Waals surface area (Å²) in [4.78, 5) is 39.4. The maximum atomic E-state index is 13.9. The number of carbonyl (C=O) groups is 3. The Labute approximate surface area is 245 Å². The second-order valence-corrected chi connectivity index (χ2v) is 15.0. The molecule has 8 unspecified atom stereocenters. The van der Waals surface area contributed by atoms with E-state index in [1.54, 1.807) is 0 Å². The van der Waals surface area contributed by atoms with Crippen molar-refractivity contribution in [1.29, 1.82) is 0 Å². The van der Waals surface area contributed by atoms with E-state index in [1.807, 2.05) is 0 Å². The first kappa shape index (κ1) is 30.5. The Morgan fingerprint density at radius 2 is 1.61 bits per heavy atom. The van der Waals surface area contributed by atoms with E-state index >= 15 is 0 Å². The number of ether oxygens (including phenoxy) is 5. The molecule has 0 amide bonds. The summed E-state index contributed by atoms with van der Waals surface area (Å²) >= 11 is 0. The van der Waals surface area contributed by atoms with E-state index < -0.39 is 124 Å². The third-order valence-electron chi connectivity index (χ3n) is 11.2. The number of carbonyl (C=O) groups excluding carboxylic acids is 3. The highest BCUT2D eigenvalue weighted by atomic mass is 32.2. The Balaban J connectivity index is 1.10. The van der Waals surface area contributed by atoms with Crippen LogP contribution in [0.15, 0.2) is 0 Å². The van der Waals surface area contributed by atoms with Crippen LogP contribution in [-0.2, 0) is 48.2 Å². The molecular formula is C26H28F6O11S.